The van der Waals surface area contributed by atoms with Crippen molar-refractivity contribution in [2.75, 3.05) is 11.5 Å². The predicted octanol–water partition coefficient (Wildman–Crippen LogP) is 2.93. The Hall–Kier alpha value is -3.77. The minimum Gasteiger partial charge on any atom is -0.478 e. The average Bonchev–Trinajstić information content (AvgIpc) is 3.10. The number of aliphatic hydroxyl groups is 1. The van der Waals surface area contributed by atoms with Crippen LogP contribution < -0.4 is 4.90 Å². The quantitative estimate of drug-likeness (QED) is 0.630. The summed E-state index contributed by atoms with van der Waals surface area (Å²) in [5.74, 6) is -3.37. The van der Waals surface area contributed by atoms with E-state index < -0.39 is 23.2 Å². The Bertz CT molecular complexity index is 1260. The lowest BCUT2D eigenvalue weighted by molar-refractivity contribution is -0.124. The van der Waals surface area contributed by atoms with E-state index in [9.17, 15) is 24.6 Å². The third-order valence-electron chi connectivity index (χ3n) is 7.42. The first-order valence-corrected chi connectivity index (χ1v) is 10.5. The number of hydrogen-bond donors (Lipinski definition) is 2. The van der Waals surface area contributed by atoms with Gasteiger partial charge in [-0.3, -0.25) is 9.59 Å². The molecule has 2 atom stereocenters. The number of carbonyl (C=O) groups excluding carboxylic acids is 2. The molecule has 4 aliphatic rings. The average molecular weight is 425 g/mol. The Labute approximate surface area is 183 Å². The largest absolute Gasteiger partial charge is 0.478 e. The minimum absolute atomic E-state index is 0.0805. The maximum absolute atomic E-state index is 13.8. The number of rotatable bonds is 3. The van der Waals surface area contributed by atoms with Crippen LogP contribution in [0.2, 0.25) is 0 Å². The number of benzene rings is 3. The van der Waals surface area contributed by atoms with Gasteiger partial charge in [-0.05, 0) is 46.5 Å². The van der Waals surface area contributed by atoms with Crippen LogP contribution in [0.15, 0.2) is 72.8 Å². The van der Waals surface area contributed by atoms with Crippen molar-refractivity contribution >= 4 is 23.5 Å². The van der Waals surface area contributed by atoms with Crippen LogP contribution in [-0.4, -0.2) is 34.6 Å². The van der Waals surface area contributed by atoms with Crippen molar-refractivity contribution in [3.8, 4) is 0 Å². The zero-order chi connectivity index (χ0) is 22.2. The standard InChI is InChI=1S/C26H19NO5/c28-13-26-18-7-3-1-5-16(18)20(17-6-2-4-8-19(17)26)21-22(26)24(30)27(23(21)29)15-11-9-14(10-12-15)25(31)32/h1-12,20-22,28H,13H2,(H,31,32)/t20?,21-,22+,26?/m0/s1. The van der Waals surface area contributed by atoms with E-state index in [1.165, 1.54) is 29.2 Å². The predicted molar refractivity (Wildman–Crippen MR) is 115 cm³/mol. The number of carboxylic acid groups (broad SMARTS) is 1. The molecular formula is C26H19NO5. The van der Waals surface area contributed by atoms with Crippen LogP contribution >= 0.6 is 0 Å². The molecule has 158 valence electrons. The SMILES string of the molecule is O=C(O)c1ccc(N2C(=O)[C@H]3C4c5ccccc5C(CO)(c5ccccc54)[C@H]3C2=O)cc1. The molecule has 2 amide bonds. The molecule has 0 saturated carbocycles. The van der Waals surface area contributed by atoms with Crippen molar-refractivity contribution in [2.45, 2.75) is 11.3 Å². The summed E-state index contributed by atoms with van der Waals surface area (Å²) in [6.07, 6.45) is 0. The first-order chi connectivity index (χ1) is 15.5. The van der Waals surface area contributed by atoms with Crippen LogP contribution in [0.25, 0.3) is 0 Å². The summed E-state index contributed by atoms with van der Waals surface area (Å²) >= 11 is 0. The van der Waals surface area contributed by atoms with Crippen molar-refractivity contribution in [2.24, 2.45) is 11.8 Å². The van der Waals surface area contributed by atoms with Crippen LogP contribution in [0, 0.1) is 11.8 Å². The van der Waals surface area contributed by atoms with Crippen LogP contribution in [0.1, 0.15) is 38.5 Å². The minimum atomic E-state index is -1.08. The summed E-state index contributed by atoms with van der Waals surface area (Å²) in [5.41, 5.74) is 3.18. The van der Waals surface area contributed by atoms with Gasteiger partial charge in [-0.15, -0.1) is 0 Å². The van der Waals surface area contributed by atoms with E-state index in [0.717, 1.165) is 22.3 Å². The van der Waals surface area contributed by atoms with E-state index in [1.807, 2.05) is 48.5 Å². The van der Waals surface area contributed by atoms with Crippen molar-refractivity contribution in [1.82, 2.24) is 0 Å². The molecule has 6 nitrogen and oxygen atoms in total. The second-order valence-corrected chi connectivity index (χ2v) is 8.65. The van der Waals surface area contributed by atoms with Crippen molar-refractivity contribution in [1.29, 1.82) is 0 Å². The summed E-state index contributed by atoms with van der Waals surface area (Å²) in [5, 5.41) is 20.0. The lowest BCUT2D eigenvalue weighted by Gasteiger charge is -2.53. The van der Waals surface area contributed by atoms with Gasteiger partial charge in [0.15, 0.2) is 0 Å². The van der Waals surface area contributed by atoms with E-state index in [4.69, 9.17) is 0 Å². The fraction of sp³-hybridized carbons (Fsp3) is 0.192. The zero-order valence-electron chi connectivity index (χ0n) is 16.9. The molecule has 3 aromatic carbocycles. The number of hydrogen-bond acceptors (Lipinski definition) is 4. The van der Waals surface area contributed by atoms with Gasteiger partial charge in [-0.25, -0.2) is 9.69 Å². The summed E-state index contributed by atoms with van der Waals surface area (Å²) in [6, 6.07) is 21.3. The van der Waals surface area contributed by atoms with Crippen LogP contribution in [0.3, 0.4) is 0 Å². The molecular weight excluding hydrogens is 406 g/mol. The van der Waals surface area contributed by atoms with Gasteiger partial charge < -0.3 is 10.2 Å². The summed E-state index contributed by atoms with van der Waals surface area (Å²) in [6.45, 7) is -0.292. The molecule has 3 aliphatic carbocycles. The first-order valence-electron chi connectivity index (χ1n) is 10.5. The summed E-state index contributed by atoms with van der Waals surface area (Å²) < 4.78 is 0. The highest BCUT2D eigenvalue weighted by Gasteiger charge is 2.68. The van der Waals surface area contributed by atoms with E-state index in [2.05, 4.69) is 0 Å². The Balaban J connectivity index is 1.58. The maximum Gasteiger partial charge on any atom is 0.335 e. The Kier molecular flexibility index (Phi) is 3.77. The molecule has 2 N–H and O–H groups in total. The van der Waals surface area contributed by atoms with Crippen LogP contribution in [0.4, 0.5) is 5.69 Å². The smallest absolute Gasteiger partial charge is 0.335 e. The monoisotopic (exact) mass is 425 g/mol. The third-order valence-corrected chi connectivity index (χ3v) is 7.42. The number of imide groups is 1. The van der Waals surface area contributed by atoms with Crippen molar-refractivity contribution < 1.29 is 24.6 Å². The van der Waals surface area contributed by atoms with Gasteiger partial charge in [0.05, 0.1) is 35.1 Å². The molecule has 6 heteroatoms. The first kappa shape index (κ1) is 19.0. The van der Waals surface area contributed by atoms with E-state index >= 15 is 0 Å². The maximum atomic E-state index is 13.8. The third kappa shape index (κ3) is 2.10. The number of aliphatic hydroxyl groups excluding tert-OH is 1. The second-order valence-electron chi connectivity index (χ2n) is 8.65. The van der Waals surface area contributed by atoms with E-state index in [0.29, 0.717) is 5.69 Å². The molecule has 0 unspecified atom stereocenters. The number of nitrogens with zero attached hydrogens (tertiary/aromatic N) is 1. The van der Waals surface area contributed by atoms with Gasteiger partial charge in [0, 0.05) is 5.92 Å². The molecule has 32 heavy (non-hydrogen) atoms. The number of carboxylic acids is 1. The molecule has 1 aliphatic heterocycles. The Morgan fingerprint density at radius 2 is 1.41 bits per heavy atom. The van der Waals surface area contributed by atoms with Gasteiger partial charge in [0.2, 0.25) is 11.8 Å². The molecule has 7 rings (SSSR count). The van der Waals surface area contributed by atoms with Crippen LogP contribution in [-0.2, 0) is 15.0 Å². The molecule has 0 aromatic heterocycles. The second kappa shape index (κ2) is 6.37. The van der Waals surface area contributed by atoms with Gasteiger partial charge >= 0.3 is 5.97 Å². The highest BCUT2D eigenvalue weighted by molar-refractivity contribution is 6.23. The van der Waals surface area contributed by atoms with Gasteiger partial charge in [0.1, 0.15) is 0 Å². The number of aromatic carboxylic acids is 1. The lowest BCUT2D eigenvalue weighted by atomic mass is 9.47. The molecule has 1 heterocycles. The van der Waals surface area contributed by atoms with Crippen LogP contribution in [0.5, 0.6) is 0 Å². The highest BCUT2D eigenvalue weighted by atomic mass is 16.4. The van der Waals surface area contributed by atoms with Gasteiger partial charge in [0.25, 0.3) is 0 Å². The molecule has 0 radical (unpaired) electrons. The number of amides is 2. The Morgan fingerprint density at radius 3 is 1.94 bits per heavy atom. The van der Waals surface area contributed by atoms with E-state index in [-0.39, 0.29) is 29.9 Å². The molecule has 0 spiro atoms. The summed E-state index contributed by atoms with van der Waals surface area (Å²) in [4.78, 5) is 40.0. The zero-order valence-corrected chi connectivity index (χ0v) is 16.9. The fourth-order valence-corrected chi connectivity index (χ4v) is 6.21. The Morgan fingerprint density at radius 1 is 0.844 bits per heavy atom. The van der Waals surface area contributed by atoms with E-state index in [1.54, 1.807) is 0 Å². The molecule has 1 saturated heterocycles. The fourth-order valence-electron chi connectivity index (χ4n) is 6.21. The number of carbonyl (C=O) groups is 3. The highest BCUT2D eigenvalue weighted by Crippen LogP contribution is 2.64. The lowest BCUT2D eigenvalue weighted by Crippen LogP contribution is -2.55. The van der Waals surface area contributed by atoms with Crippen molar-refractivity contribution in [3.05, 3.63) is 101 Å². The summed E-state index contributed by atoms with van der Waals surface area (Å²) in [7, 11) is 0. The molecule has 3 aromatic rings. The molecule has 1 fully saturated rings. The number of anilines is 1. The van der Waals surface area contributed by atoms with Gasteiger partial charge in [-0.2, -0.15) is 0 Å². The van der Waals surface area contributed by atoms with Gasteiger partial charge in [-0.1, -0.05) is 48.5 Å². The normalized spacial score (nSPS) is 27.2. The molecule has 2 bridgehead atoms. The van der Waals surface area contributed by atoms with Crippen molar-refractivity contribution in [3.63, 3.8) is 0 Å². The topological polar surface area (TPSA) is 94.9 Å².